The van der Waals surface area contributed by atoms with Gasteiger partial charge in [0.25, 0.3) is 10.0 Å². The number of carbonyl (C=O) groups excluding carboxylic acids is 1. The van der Waals surface area contributed by atoms with Crippen molar-refractivity contribution in [2.24, 2.45) is 0 Å². The van der Waals surface area contributed by atoms with Crippen LogP contribution in [-0.4, -0.2) is 38.9 Å². The van der Waals surface area contributed by atoms with Crippen molar-refractivity contribution in [2.75, 3.05) is 23.9 Å². The smallest absolute Gasteiger partial charge is 0.264 e. The zero-order chi connectivity index (χ0) is 21.8. The van der Waals surface area contributed by atoms with Gasteiger partial charge in [0.1, 0.15) is 6.54 Å². The van der Waals surface area contributed by atoms with Gasteiger partial charge in [-0.2, -0.15) is 0 Å². The molecule has 6 heteroatoms. The minimum Gasteiger partial charge on any atom is -0.342 e. The van der Waals surface area contributed by atoms with E-state index in [2.05, 4.69) is 20.8 Å². The average molecular weight is 417 g/mol. The molecule has 0 atom stereocenters. The SMILES string of the molecule is CCN(CC)C(=O)CN(c1ccccc1C)S(=O)(=O)c1ccc(C(C)(C)C)cc1. The third-order valence-corrected chi connectivity index (χ3v) is 6.86. The van der Waals surface area contributed by atoms with Crippen molar-refractivity contribution in [1.29, 1.82) is 0 Å². The summed E-state index contributed by atoms with van der Waals surface area (Å²) < 4.78 is 28.3. The number of amides is 1. The number of rotatable bonds is 7. The Bertz CT molecular complexity index is 941. The number of likely N-dealkylation sites (N-methyl/N-ethyl adjacent to an activating group) is 1. The molecule has 0 aromatic heterocycles. The van der Waals surface area contributed by atoms with Crippen LogP contribution < -0.4 is 4.31 Å². The third-order valence-electron chi connectivity index (χ3n) is 5.09. The summed E-state index contributed by atoms with van der Waals surface area (Å²) in [5.41, 5.74) is 2.30. The zero-order valence-corrected chi connectivity index (χ0v) is 19.1. The van der Waals surface area contributed by atoms with Gasteiger partial charge in [0.05, 0.1) is 10.6 Å². The molecule has 0 bridgehead atoms. The molecule has 158 valence electrons. The Morgan fingerprint density at radius 3 is 1.97 bits per heavy atom. The number of aryl methyl sites for hydroxylation is 1. The highest BCUT2D eigenvalue weighted by Gasteiger charge is 2.29. The molecular formula is C23H32N2O3S. The van der Waals surface area contributed by atoms with Crippen molar-refractivity contribution in [3.05, 3.63) is 59.7 Å². The summed E-state index contributed by atoms with van der Waals surface area (Å²) >= 11 is 0. The van der Waals surface area contributed by atoms with Gasteiger partial charge < -0.3 is 4.90 Å². The Kier molecular flexibility index (Phi) is 7.11. The van der Waals surface area contributed by atoms with Crippen molar-refractivity contribution in [3.8, 4) is 0 Å². The highest BCUT2D eigenvalue weighted by molar-refractivity contribution is 7.92. The molecule has 1 amide bonds. The fourth-order valence-corrected chi connectivity index (χ4v) is 4.67. The van der Waals surface area contributed by atoms with Crippen molar-refractivity contribution < 1.29 is 13.2 Å². The Morgan fingerprint density at radius 1 is 0.931 bits per heavy atom. The molecule has 0 spiro atoms. The monoisotopic (exact) mass is 416 g/mol. The molecule has 0 saturated heterocycles. The van der Waals surface area contributed by atoms with Gasteiger partial charge >= 0.3 is 0 Å². The minimum atomic E-state index is -3.90. The maximum absolute atomic E-state index is 13.5. The largest absolute Gasteiger partial charge is 0.342 e. The molecular weight excluding hydrogens is 384 g/mol. The molecule has 0 aliphatic heterocycles. The van der Waals surface area contributed by atoms with Crippen LogP contribution >= 0.6 is 0 Å². The third kappa shape index (κ3) is 5.18. The summed E-state index contributed by atoms with van der Waals surface area (Å²) in [6, 6.07) is 14.2. The predicted octanol–water partition coefficient (Wildman–Crippen LogP) is 4.36. The molecule has 29 heavy (non-hydrogen) atoms. The fraction of sp³-hybridized carbons (Fsp3) is 0.435. The number of anilines is 1. The van der Waals surface area contributed by atoms with Crippen molar-refractivity contribution in [1.82, 2.24) is 4.90 Å². The van der Waals surface area contributed by atoms with E-state index in [9.17, 15) is 13.2 Å². The molecule has 0 N–H and O–H groups in total. The van der Waals surface area contributed by atoms with Crippen LogP contribution in [0.5, 0.6) is 0 Å². The first-order valence-corrected chi connectivity index (χ1v) is 11.4. The van der Waals surface area contributed by atoms with Gasteiger partial charge in [-0.3, -0.25) is 9.10 Å². The standard InChI is InChI=1S/C23H32N2O3S/c1-7-24(8-2)22(26)17-25(21-12-10-9-11-18(21)3)29(27,28)20-15-13-19(14-16-20)23(4,5)6/h9-16H,7-8,17H2,1-6H3. The Morgan fingerprint density at radius 2 is 1.48 bits per heavy atom. The number of nitrogens with zero attached hydrogens (tertiary/aromatic N) is 2. The quantitative estimate of drug-likeness (QED) is 0.674. The number of sulfonamides is 1. The molecule has 0 unspecified atom stereocenters. The van der Waals surface area contributed by atoms with Gasteiger partial charge in [0.2, 0.25) is 5.91 Å². The summed E-state index contributed by atoms with van der Waals surface area (Å²) in [7, 11) is -3.90. The number of hydrogen-bond acceptors (Lipinski definition) is 3. The second kappa shape index (κ2) is 8.99. The van der Waals surface area contributed by atoms with E-state index in [4.69, 9.17) is 0 Å². The number of para-hydroxylation sites is 1. The van der Waals surface area contributed by atoms with Gasteiger partial charge in [0, 0.05) is 13.1 Å². The second-order valence-corrected chi connectivity index (χ2v) is 10.0. The van der Waals surface area contributed by atoms with Crippen LogP contribution in [0.1, 0.15) is 45.7 Å². The van der Waals surface area contributed by atoms with Gasteiger partial charge in [-0.15, -0.1) is 0 Å². The first-order chi connectivity index (χ1) is 13.5. The van der Waals surface area contributed by atoms with E-state index in [1.165, 1.54) is 4.31 Å². The summed E-state index contributed by atoms with van der Waals surface area (Å²) in [5.74, 6) is -0.215. The van der Waals surface area contributed by atoms with E-state index in [0.29, 0.717) is 18.8 Å². The molecule has 0 radical (unpaired) electrons. The van der Waals surface area contributed by atoms with E-state index < -0.39 is 10.0 Å². The topological polar surface area (TPSA) is 57.7 Å². The maximum Gasteiger partial charge on any atom is 0.264 e. The van der Waals surface area contributed by atoms with E-state index >= 15 is 0 Å². The number of carbonyl (C=O) groups is 1. The molecule has 0 aliphatic rings. The summed E-state index contributed by atoms with van der Waals surface area (Å²) in [4.78, 5) is 14.6. The first-order valence-electron chi connectivity index (χ1n) is 9.99. The molecule has 5 nitrogen and oxygen atoms in total. The molecule has 0 saturated carbocycles. The summed E-state index contributed by atoms with van der Waals surface area (Å²) in [6.45, 7) is 12.7. The highest BCUT2D eigenvalue weighted by atomic mass is 32.2. The first kappa shape index (κ1) is 22.9. The highest BCUT2D eigenvalue weighted by Crippen LogP contribution is 2.29. The van der Waals surface area contributed by atoms with Crippen LogP contribution in [0.15, 0.2) is 53.4 Å². The molecule has 2 aromatic carbocycles. The molecule has 2 rings (SSSR count). The van der Waals surface area contributed by atoms with E-state index in [1.807, 2.05) is 45.0 Å². The van der Waals surface area contributed by atoms with Crippen molar-refractivity contribution in [3.63, 3.8) is 0 Å². The lowest BCUT2D eigenvalue weighted by Crippen LogP contribution is -2.43. The Balaban J connectivity index is 2.52. The van der Waals surface area contributed by atoms with E-state index in [1.54, 1.807) is 29.2 Å². The Hall–Kier alpha value is -2.34. The lowest BCUT2D eigenvalue weighted by atomic mass is 9.87. The Labute approximate surface area is 175 Å². The normalized spacial score (nSPS) is 11.9. The van der Waals surface area contributed by atoms with Gasteiger partial charge in [-0.1, -0.05) is 51.1 Å². The van der Waals surface area contributed by atoms with E-state index in [-0.39, 0.29) is 22.8 Å². The number of benzene rings is 2. The van der Waals surface area contributed by atoms with Gasteiger partial charge in [-0.05, 0) is 55.5 Å². The van der Waals surface area contributed by atoms with Crippen molar-refractivity contribution in [2.45, 2.75) is 51.9 Å². The van der Waals surface area contributed by atoms with Crippen LogP contribution in [0.2, 0.25) is 0 Å². The zero-order valence-electron chi connectivity index (χ0n) is 18.3. The second-order valence-electron chi connectivity index (χ2n) is 8.14. The van der Waals surface area contributed by atoms with Crippen LogP contribution in [0, 0.1) is 6.92 Å². The fourth-order valence-electron chi connectivity index (χ4n) is 3.20. The molecule has 0 aliphatic carbocycles. The lowest BCUT2D eigenvalue weighted by Gasteiger charge is -2.28. The van der Waals surface area contributed by atoms with Crippen LogP contribution in [0.4, 0.5) is 5.69 Å². The average Bonchev–Trinajstić information content (AvgIpc) is 2.67. The summed E-state index contributed by atoms with van der Waals surface area (Å²) in [5, 5.41) is 0. The summed E-state index contributed by atoms with van der Waals surface area (Å²) in [6.07, 6.45) is 0. The van der Waals surface area contributed by atoms with Crippen LogP contribution in [0.3, 0.4) is 0 Å². The van der Waals surface area contributed by atoms with E-state index in [0.717, 1.165) is 11.1 Å². The van der Waals surface area contributed by atoms with Crippen LogP contribution in [-0.2, 0) is 20.2 Å². The molecule has 2 aromatic rings. The van der Waals surface area contributed by atoms with Gasteiger partial charge in [0.15, 0.2) is 0 Å². The van der Waals surface area contributed by atoms with Gasteiger partial charge in [-0.25, -0.2) is 8.42 Å². The molecule has 0 heterocycles. The minimum absolute atomic E-state index is 0.0727. The lowest BCUT2D eigenvalue weighted by molar-refractivity contribution is -0.129. The van der Waals surface area contributed by atoms with Crippen LogP contribution in [0.25, 0.3) is 0 Å². The van der Waals surface area contributed by atoms with Crippen molar-refractivity contribution >= 4 is 21.6 Å². The molecule has 0 fully saturated rings. The number of hydrogen-bond donors (Lipinski definition) is 0. The maximum atomic E-state index is 13.5. The predicted molar refractivity (Wildman–Crippen MR) is 119 cm³/mol.